The zero-order valence-corrected chi connectivity index (χ0v) is 16.3. The van der Waals surface area contributed by atoms with Crippen LogP contribution in [0.5, 0.6) is 5.75 Å². The first-order valence-corrected chi connectivity index (χ1v) is 9.13. The Labute approximate surface area is 157 Å². The Kier molecular flexibility index (Phi) is 5.21. The maximum absolute atomic E-state index is 12.9. The molecule has 2 aromatic heterocycles. The number of ether oxygens (including phenoxy) is 1. The van der Waals surface area contributed by atoms with Crippen LogP contribution in [0.1, 0.15) is 26.0 Å². The topological polar surface area (TPSA) is 70.1 Å². The first-order valence-electron chi connectivity index (χ1n) is 8.75. The summed E-state index contributed by atoms with van der Waals surface area (Å²) in [5.74, 6) is 0.827. The molecule has 0 saturated carbocycles. The molecule has 0 bridgehead atoms. The lowest BCUT2D eigenvalue weighted by Gasteiger charge is -2.17. The van der Waals surface area contributed by atoms with E-state index in [1.165, 1.54) is 0 Å². The van der Waals surface area contributed by atoms with Crippen LogP contribution in [0.25, 0.3) is 21.7 Å². The van der Waals surface area contributed by atoms with Gasteiger partial charge in [0.15, 0.2) is 0 Å². The predicted octanol–water partition coefficient (Wildman–Crippen LogP) is 3.80. The second kappa shape index (κ2) is 7.25. The third kappa shape index (κ3) is 3.41. The summed E-state index contributed by atoms with van der Waals surface area (Å²) in [6.45, 7) is 6.46. The number of rotatable bonds is 5. The number of benzene rings is 1. The van der Waals surface area contributed by atoms with Gasteiger partial charge in [0, 0.05) is 24.7 Å². The molecular weight excluding hydrogens is 350 g/mol. The molecule has 0 amide bonds. The molecule has 0 aliphatic rings. The molecule has 0 saturated heterocycles. The largest absolute Gasteiger partial charge is 0.492 e. The van der Waals surface area contributed by atoms with E-state index in [0.717, 1.165) is 28.4 Å². The molecule has 1 aromatic carbocycles. The summed E-state index contributed by atoms with van der Waals surface area (Å²) in [6, 6.07) is 5.58. The van der Waals surface area contributed by atoms with E-state index in [1.807, 2.05) is 26.0 Å². The van der Waals surface area contributed by atoms with Crippen LogP contribution >= 0.6 is 11.6 Å². The molecule has 138 valence electrons. The summed E-state index contributed by atoms with van der Waals surface area (Å²) in [5.41, 5.74) is 7.38. The van der Waals surface area contributed by atoms with Crippen molar-refractivity contribution in [1.29, 1.82) is 0 Å². The van der Waals surface area contributed by atoms with Gasteiger partial charge in [-0.25, -0.2) is 0 Å². The van der Waals surface area contributed by atoms with Crippen molar-refractivity contribution in [2.24, 2.45) is 18.7 Å². The molecule has 5 nitrogen and oxygen atoms in total. The van der Waals surface area contributed by atoms with Crippen molar-refractivity contribution in [3.8, 4) is 5.75 Å². The summed E-state index contributed by atoms with van der Waals surface area (Å²) in [5, 5.41) is 2.85. The molecule has 2 heterocycles. The van der Waals surface area contributed by atoms with E-state index in [4.69, 9.17) is 22.1 Å². The Bertz CT molecular complexity index is 1030. The molecule has 0 spiro atoms. The van der Waals surface area contributed by atoms with Crippen molar-refractivity contribution < 1.29 is 4.74 Å². The van der Waals surface area contributed by atoms with Gasteiger partial charge in [0.05, 0.1) is 28.2 Å². The van der Waals surface area contributed by atoms with E-state index < -0.39 is 0 Å². The van der Waals surface area contributed by atoms with Crippen LogP contribution in [0, 0.1) is 12.8 Å². The van der Waals surface area contributed by atoms with Crippen LogP contribution in [0.15, 0.2) is 29.2 Å². The zero-order valence-electron chi connectivity index (χ0n) is 15.5. The van der Waals surface area contributed by atoms with Crippen molar-refractivity contribution in [1.82, 2.24) is 9.55 Å². The van der Waals surface area contributed by atoms with Crippen molar-refractivity contribution in [3.63, 3.8) is 0 Å². The van der Waals surface area contributed by atoms with E-state index >= 15 is 0 Å². The Morgan fingerprint density at radius 1 is 1.27 bits per heavy atom. The lowest BCUT2D eigenvalue weighted by atomic mass is 10.0. The quantitative estimate of drug-likeness (QED) is 0.690. The van der Waals surface area contributed by atoms with Gasteiger partial charge in [0.25, 0.3) is 5.56 Å². The van der Waals surface area contributed by atoms with Gasteiger partial charge in [0.2, 0.25) is 0 Å². The van der Waals surface area contributed by atoms with Crippen LogP contribution in [0.4, 0.5) is 0 Å². The fourth-order valence-corrected chi connectivity index (χ4v) is 3.70. The highest BCUT2D eigenvalue weighted by Gasteiger charge is 2.15. The Balaban J connectivity index is 2.10. The van der Waals surface area contributed by atoms with Crippen LogP contribution in [-0.2, 0) is 7.05 Å². The average Bonchev–Trinajstić information content (AvgIpc) is 2.57. The van der Waals surface area contributed by atoms with E-state index in [9.17, 15) is 4.79 Å². The standard InChI is InChI=1S/C20H24ClN3O2/c1-11(7-12(2)22)10-26-18-9-16-15(8-17(18)21)14-5-6-23-13(3)19(14)24(4)20(16)25/h5-6,8-9,11-12H,7,10,22H2,1-4H3. The highest BCUT2D eigenvalue weighted by atomic mass is 35.5. The Morgan fingerprint density at radius 3 is 2.69 bits per heavy atom. The van der Waals surface area contributed by atoms with Crippen LogP contribution in [0.3, 0.4) is 0 Å². The molecule has 3 aromatic rings. The fourth-order valence-electron chi connectivity index (χ4n) is 3.48. The lowest BCUT2D eigenvalue weighted by molar-refractivity contribution is 0.247. The fraction of sp³-hybridized carbons (Fsp3) is 0.400. The summed E-state index contributed by atoms with van der Waals surface area (Å²) in [4.78, 5) is 17.2. The van der Waals surface area contributed by atoms with E-state index in [-0.39, 0.29) is 11.6 Å². The van der Waals surface area contributed by atoms with Crippen molar-refractivity contribution >= 4 is 33.3 Å². The normalized spacial score (nSPS) is 13.9. The number of aryl methyl sites for hydroxylation is 2. The van der Waals surface area contributed by atoms with Gasteiger partial charge in [-0.2, -0.15) is 0 Å². The molecule has 2 unspecified atom stereocenters. The number of nitrogens with zero attached hydrogens (tertiary/aromatic N) is 2. The monoisotopic (exact) mass is 373 g/mol. The van der Waals surface area contributed by atoms with E-state index in [0.29, 0.717) is 28.7 Å². The number of hydrogen-bond acceptors (Lipinski definition) is 4. The van der Waals surface area contributed by atoms with E-state index in [2.05, 4.69) is 11.9 Å². The molecule has 6 heteroatoms. The minimum Gasteiger partial charge on any atom is -0.492 e. The molecule has 2 atom stereocenters. The Hall–Kier alpha value is -2.11. The summed E-state index contributed by atoms with van der Waals surface area (Å²) < 4.78 is 7.53. The van der Waals surface area contributed by atoms with Gasteiger partial charge in [-0.3, -0.25) is 9.78 Å². The zero-order chi connectivity index (χ0) is 19.0. The summed E-state index contributed by atoms with van der Waals surface area (Å²) >= 11 is 6.45. The number of nitrogens with two attached hydrogens (primary N) is 1. The number of pyridine rings is 2. The summed E-state index contributed by atoms with van der Waals surface area (Å²) in [6.07, 6.45) is 2.61. The first-order chi connectivity index (χ1) is 12.3. The minimum absolute atomic E-state index is 0.0891. The minimum atomic E-state index is -0.0891. The third-order valence-corrected chi connectivity index (χ3v) is 4.93. The van der Waals surface area contributed by atoms with Gasteiger partial charge in [-0.05, 0) is 49.8 Å². The molecule has 0 radical (unpaired) electrons. The lowest BCUT2D eigenvalue weighted by Crippen LogP contribution is -2.22. The molecule has 0 aliphatic heterocycles. The second-order valence-corrected chi connectivity index (χ2v) is 7.52. The highest BCUT2D eigenvalue weighted by molar-refractivity contribution is 6.33. The van der Waals surface area contributed by atoms with Crippen LogP contribution < -0.4 is 16.0 Å². The molecule has 2 N–H and O–H groups in total. The Morgan fingerprint density at radius 2 is 2.00 bits per heavy atom. The van der Waals surface area contributed by atoms with Crippen LogP contribution in [-0.4, -0.2) is 22.2 Å². The van der Waals surface area contributed by atoms with Crippen molar-refractivity contribution in [2.75, 3.05) is 6.61 Å². The van der Waals surface area contributed by atoms with Gasteiger partial charge < -0.3 is 15.0 Å². The SMILES string of the molecule is Cc1nccc2c3cc(Cl)c(OCC(C)CC(C)N)cc3c(=O)n(C)c12. The highest BCUT2D eigenvalue weighted by Crippen LogP contribution is 2.33. The molecule has 0 fully saturated rings. The second-order valence-electron chi connectivity index (χ2n) is 7.11. The molecule has 0 aliphatic carbocycles. The van der Waals surface area contributed by atoms with Crippen LogP contribution in [0.2, 0.25) is 5.02 Å². The number of aromatic nitrogens is 2. The molecule has 3 rings (SSSR count). The van der Waals surface area contributed by atoms with Gasteiger partial charge >= 0.3 is 0 Å². The number of hydrogen-bond donors (Lipinski definition) is 1. The average molecular weight is 374 g/mol. The van der Waals surface area contributed by atoms with Gasteiger partial charge in [-0.15, -0.1) is 0 Å². The van der Waals surface area contributed by atoms with Crippen molar-refractivity contribution in [3.05, 3.63) is 45.5 Å². The van der Waals surface area contributed by atoms with Crippen molar-refractivity contribution in [2.45, 2.75) is 33.2 Å². The number of halogens is 1. The predicted molar refractivity (Wildman–Crippen MR) is 107 cm³/mol. The summed E-state index contributed by atoms with van der Waals surface area (Å²) in [7, 11) is 1.76. The maximum Gasteiger partial charge on any atom is 0.258 e. The molecular formula is C20H24ClN3O2. The third-order valence-electron chi connectivity index (χ3n) is 4.64. The maximum atomic E-state index is 12.9. The number of fused-ring (bicyclic) bond motifs is 3. The first kappa shape index (κ1) is 18.7. The van der Waals surface area contributed by atoms with Gasteiger partial charge in [0.1, 0.15) is 5.75 Å². The molecule has 26 heavy (non-hydrogen) atoms. The van der Waals surface area contributed by atoms with Gasteiger partial charge in [-0.1, -0.05) is 18.5 Å². The van der Waals surface area contributed by atoms with E-state index in [1.54, 1.807) is 23.9 Å². The smallest absolute Gasteiger partial charge is 0.258 e.